The van der Waals surface area contributed by atoms with Crippen LogP contribution in [0, 0.1) is 0 Å². The van der Waals surface area contributed by atoms with Gasteiger partial charge in [-0.05, 0) is 31.5 Å². The highest BCUT2D eigenvalue weighted by Crippen LogP contribution is 2.32. The molecule has 1 atom stereocenters. The van der Waals surface area contributed by atoms with Crippen molar-refractivity contribution >= 4 is 8.32 Å². The summed E-state index contributed by atoms with van der Waals surface area (Å²) < 4.78 is 6.70. The topological polar surface area (TPSA) is 9.23 Å². The van der Waals surface area contributed by atoms with Gasteiger partial charge in [0.2, 0.25) is 0 Å². The average Bonchev–Trinajstić information content (AvgIpc) is 2.47. The third-order valence-electron chi connectivity index (χ3n) is 5.10. The lowest BCUT2D eigenvalue weighted by molar-refractivity contribution is 0.160. The van der Waals surface area contributed by atoms with Crippen LogP contribution in [-0.4, -0.2) is 14.4 Å². The fraction of sp³-hybridized carbons (Fsp3) is 1.00. The van der Waals surface area contributed by atoms with Gasteiger partial charge in [-0.3, -0.25) is 0 Å². The first-order valence-corrected chi connectivity index (χ1v) is 12.7. The smallest absolute Gasteiger partial charge is 0.190 e. The first-order valence-electron chi connectivity index (χ1n) is 9.88. The number of hydrogen-bond acceptors (Lipinski definition) is 1. The minimum Gasteiger partial charge on any atom is -0.414 e. The largest absolute Gasteiger partial charge is 0.414 e. The van der Waals surface area contributed by atoms with Crippen LogP contribution in [0.1, 0.15) is 97.3 Å². The van der Waals surface area contributed by atoms with Crippen molar-refractivity contribution in [2.24, 2.45) is 0 Å². The molecule has 0 aromatic carbocycles. The Labute approximate surface area is 135 Å². The van der Waals surface area contributed by atoms with E-state index in [0.717, 1.165) is 0 Å². The maximum Gasteiger partial charge on any atom is 0.190 e. The highest BCUT2D eigenvalue weighted by Gasteiger charge is 2.33. The van der Waals surface area contributed by atoms with Crippen LogP contribution in [0.2, 0.25) is 18.6 Å². The lowest BCUT2D eigenvalue weighted by atomic mass is 10.0. The van der Waals surface area contributed by atoms with Gasteiger partial charge in [-0.2, -0.15) is 0 Å². The van der Waals surface area contributed by atoms with Crippen LogP contribution in [0.15, 0.2) is 0 Å². The van der Waals surface area contributed by atoms with E-state index in [-0.39, 0.29) is 0 Å². The molecule has 0 N–H and O–H groups in total. The summed E-state index contributed by atoms with van der Waals surface area (Å²) in [6.07, 6.45) is 18.7. The Morgan fingerprint density at radius 1 is 0.762 bits per heavy atom. The Hall–Kier alpha value is 0.177. The lowest BCUT2D eigenvalue weighted by Crippen LogP contribution is -2.40. The van der Waals surface area contributed by atoms with E-state index >= 15 is 0 Å². The van der Waals surface area contributed by atoms with Crippen molar-refractivity contribution in [2.45, 2.75) is 122 Å². The molecule has 0 spiro atoms. The summed E-state index contributed by atoms with van der Waals surface area (Å²) in [6, 6.07) is 2.84. The molecule has 1 rings (SSSR count). The molecule has 1 nitrogen and oxygen atoms in total. The Kier molecular flexibility index (Phi) is 10.7. The molecule has 1 unspecified atom stereocenters. The zero-order chi connectivity index (χ0) is 15.4. The van der Waals surface area contributed by atoms with E-state index in [9.17, 15) is 0 Å². The molecular weight excluding hydrogens is 272 g/mol. The van der Waals surface area contributed by atoms with Crippen LogP contribution in [0.5, 0.6) is 0 Å². The molecule has 1 aliphatic heterocycles. The third kappa shape index (κ3) is 9.03. The molecule has 0 saturated carbocycles. The monoisotopic (exact) mass is 312 g/mol. The van der Waals surface area contributed by atoms with Crippen molar-refractivity contribution in [1.29, 1.82) is 0 Å². The van der Waals surface area contributed by atoms with Crippen molar-refractivity contribution in [2.75, 3.05) is 0 Å². The molecule has 1 heterocycles. The second kappa shape index (κ2) is 11.7. The van der Waals surface area contributed by atoms with E-state index in [1.807, 2.05) is 0 Å². The first-order chi connectivity index (χ1) is 10.2. The summed E-state index contributed by atoms with van der Waals surface area (Å²) in [5, 5.41) is 0. The molecule has 0 bridgehead atoms. The summed E-state index contributed by atoms with van der Waals surface area (Å²) in [5.74, 6) is 0. The van der Waals surface area contributed by atoms with E-state index in [0.29, 0.717) is 6.10 Å². The molecule has 0 amide bonds. The number of hydrogen-bond donors (Lipinski definition) is 0. The third-order valence-corrected chi connectivity index (χ3v) is 8.83. The van der Waals surface area contributed by atoms with Gasteiger partial charge >= 0.3 is 0 Å². The highest BCUT2D eigenvalue weighted by molar-refractivity contribution is 6.72. The quantitative estimate of drug-likeness (QED) is 0.276. The van der Waals surface area contributed by atoms with Gasteiger partial charge in [-0.15, -0.1) is 0 Å². The van der Waals surface area contributed by atoms with Gasteiger partial charge in [-0.25, -0.2) is 0 Å². The van der Waals surface area contributed by atoms with Crippen LogP contribution in [0.25, 0.3) is 0 Å². The van der Waals surface area contributed by atoms with Crippen molar-refractivity contribution < 1.29 is 4.43 Å². The second-order valence-electron chi connectivity index (χ2n) is 7.45. The Morgan fingerprint density at radius 2 is 1.38 bits per heavy atom. The van der Waals surface area contributed by atoms with E-state index in [2.05, 4.69) is 20.4 Å². The normalized spacial score (nSPS) is 19.6. The second-order valence-corrected chi connectivity index (χ2v) is 11.6. The van der Waals surface area contributed by atoms with Gasteiger partial charge in [-0.1, -0.05) is 84.5 Å². The first kappa shape index (κ1) is 19.2. The fourth-order valence-electron chi connectivity index (χ4n) is 3.73. The van der Waals surface area contributed by atoms with Crippen LogP contribution in [0.3, 0.4) is 0 Å². The SMILES string of the molecule is CCCCCCCCCC(CCC)O[Si]1(C)CCCCC1. The number of unbranched alkanes of at least 4 members (excludes halogenated alkanes) is 6. The summed E-state index contributed by atoms with van der Waals surface area (Å²) in [7, 11) is -1.32. The predicted octanol–water partition coefficient (Wildman–Crippen LogP) is 7.07. The summed E-state index contributed by atoms with van der Waals surface area (Å²) in [4.78, 5) is 0. The molecule has 1 fully saturated rings. The molecular formula is C19H40OSi. The Bertz CT molecular complexity index is 236. The number of rotatable bonds is 12. The maximum absolute atomic E-state index is 6.70. The zero-order valence-corrected chi connectivity index (χ0v) is 16.1. The highest BCUT2D eigenvalue weighted by atomic mass is 28.4. The lowest BCUT2D eigenvalue weighted by Gasteiger charge is -2.35. The van der Waals surface area contributed by atoms with Crippen molar-refractivity contribution in [3.63, 3.8) is 0 Å². The molecule has 1 aliphatic rings. The summed E-state index contributed by atoms with van der Waals surface area (Å²) in [5.41, 5.74) is 0. The zero-order valence-electron chi connectivity index (χ0n) is 15.1. The molecule has 0 aromatic heterocycles. The molecule has 0 aliphatic carbocycles. The van der Waals surface area contributed by atoms with Crippen LogP contribution in [0.4, 0.5) is 0 Å². The van der Waals surface area contributed by atoms with Crippen molar-refractivity contribution in [3.05, 3.63) is 0 Å². The average molecular weight is 313 g/mol. The molecule has 1 saturated heterocycles. The van der Waals surface area contributed by atoms with Gasteiger partial charge in [0.05, 0.1) is 0 Å². The molecule has 2 heteroatoms. The molecule has 0 aromatic rings. The Morgan fingerprint density at radius 3 is 2.00 bits per heavy atom. The van der Waals surface area contributed by atoms with Gasteiger partial charge in [0.25, 0.3) is 0 Å². The van der Waals surface area contributed by atoms with E-state index in [1.165, 1.54) is 95.6 Å². The maximum atomic E-state index is 6.70. The molecule has 21 heavy (non-hydrogen) atoms. The van der Waals surface area contributed by atoms with E-state index < -0.39 is 8.32 Å². The van der Waals surface area contributed by atoms with E-state index in [4.69, 9.17) is 4.43 Å². The van der Waals surface area contributed by atoms with Crippen molar-refractivity contribution in [1.82, 2.24) is 0 Å². The Balaban J connectivity index is 2.17. The molecule has 0 radical (unpaired) electrons. The van der Waals surface area contributed by atoms with Crippen LogP contribution < -0.4 is 0 Å². The minimum atomic E-state index is -1.32. The predicted molar refractivity (Wildman–Crippen MR) is 97.5 cm³/mol. The fourth-order valence-corrected chi connectivity index (χ4v) is 7.26. The van der Waals surface area contributed by atoms with Crippen LogP contribution in [-0.2, 0) is 4.43 Å². The minimum absolute atomic E-state index is 0.584. The van der Waals surface area contributed by atoms with Crippen molar-refractivity contribution in [3.8, 4) is 0 Å². The summed E-state index contributed by atoms with van der Waals surface area (Å²) in [6.45, 7) is 7.11. The van der Waals surface area contributed by atoms with Gasteiger partial charge < -0.3 is 4.43 Å². The molecule has 126 valence electrons. The van der Waals surface area contributed by atoms with Gasteiger partial charge in [0, 0.05) is 6.10 Å². The van der Waals surface area contributed by atoms with Gasteiger partial charge in [0.1, 0.15) is 0 Å². The van der Waals surface area contributed by atoms with Crippen LogP contribution >= 0.6 is 0 Å². The van der Waals surface area contributed by atoms with E-state index in [1.54, 1.807) is 0 Å². The summed E-state index contributed by atoms with van der Waals surface area (Å²) >= 11 is 0. The van der Waals surface area contributed by atoms with Gasteiger partial charge in [0.15, 0.2) is 8.32 Å². The standard InChI is InChI=1S/C19H40OSi/c1-4-6-7-8-9-10-12-16-19(15-5-2)20-21(3)17-13-11-14-18-21/h19H,4-18H2,1-3H3.